The van der Waals surface area contributed by atoms with E-state index in [0.717, 1.165) is 19.3 Å². The Labute approximate surface area is 154 Å². The number of amidine groups is 1. The molecule has 1 amide bonds. The van der Waals surface area contributed by atoms with E-state index in [-0.39, 0.29) is 5.91 Å². The lowest BCUT2D eigenvalue weighted by atomic mass is 10.2. The van der Waals surface area contributed by atoms with Crippen molar-refractivity contribution < 1.29 is 4.79 Å². The molecule has 0 atom stereocenters. The molecule has 0 saturated carbocycles. The SMILES string of the molecule is O=C1NC(=Nc2ccc(I)cc2)S/C1=C/c1ccc(Br)cc1. The first kappa shape index (κ1) is 15.8. The van der Waals surface area contributed by atoms with Gasteiger partial charge in [-0.1, -0.05) is 28.1 Å². The van der Waals surface area contributed by atoms with Crippen LogP contribution in [0.25, 0.3) is 6.08 Å². The molecule has 2 aromatic carbocycles. The molecule has 1 fully saturated rings. The maximum Gasteiger partial charge on any atom is 0.264 e. The van der Waals surface area contributed by atoms with E-state index in [0.29, 0.717) is 10.1 Å². The number of aliphatic imine (C=N–C) groups is 1. The molecule has 0 unspecified atom stereocenters. The highest BCUT2D eigenvalue weighted by Gasteiger charge is 2.23. The summed E-state index contributed by atoms with van der Waals surface area (Å²) < 4.78 is 2.17. The van der Waals surface area contributed by atoms with E-state index in [2.05, 4.69) is 48.8 Å². The van der Waals surface area contributed by atoms with E-state index >= 15 is 0 Å². The van der Waals surface area contributed by atoms with Gasteiger partial charge in [-0.15, -0.1) is 0 Å². The summed E-state index contributed by atoms with van der Waals surface area (Å²) in [5, 5.41) is 3.40. The van der Waals surface area contributed by atoms with E-state index in [1.54, 1.807) is 0 Å². The van der Waals surface area contributed by atoms with Gasteiger partial charge in [-0.3, -0.25) is 4.79 Å². The summed E-state index contributed by atoms with van der Waals surface area (Å²) in [7, 11) is 0. The van der Waals surface area contributed by atoms with Crippen molar-refractivity contribution in [3.05, 3.63) is 67.0 Å². The Bertz CT molecular complexity index is 770. The first-order valence-corrected chi connectivity index (χ1v) is 9.10. The molecule has 1 heterocycles. The largest absolute Gasteiger partial charge is 0.300 e. The van der Waals surface area contributed by atoms with Crippen LogP contribution < -0.4 is 5.32 Å². The molecule has 1 aliphatic heterocycles. The second-order valence-corrected chi connectivity index (χ2v) is 7.70. The van der Waals surface area contributed by atoms with Crippen molar-refractivity contribution >= 4 is 73.1 Å². The summed E-state index contributed by atoms with van der Waals surface area (Å²) in [5.41, 5.74) is 1.81. The number of halogens is 2. The van der Waals surface area contributed by atoms with Crippen LogP contribution in [0.2, 0.25) is 0 Å². The number of carbonyl (C=O) groups excluding carboxylic acids is 1. The van der Waals surface area contributed by atoms with Crippen LogP contribution in [0.4, 0.5) is 5.69 Å². The average Bonchev–Trinajstić information content (AvgIpc) is 2.84. The molecule has 0 aromatic heterocycles. The third kappa shape index (κ3) is 3.99. The molecule has 6 heteroatoms. The van der Waals surface area contributed by atoms with Gasteiger partial charge in [0.05, 0.1) is 10.6 Å². The smallest absolute Gasteiger partial charge is 0.264 e. The first-order valence-electron chi connectivity index (χ1n) is 6.41. The molecule has 22 heavy (non-hydrogen) atoms. The van der Waals surface area contributed by atoms with E-state index in [1.165, 1.54) is 11.8 Å². The Morgan fingerprint density at radius 1 is 1.09 bits per heavy atom. The van der Waals surface area contributed by atoms with Gasteiger partial charge in [0.2, 0.25) is 0 Å². The molecular formula is C16H10BrIN2OS. The molecule has 1 aliphatic rings. The minimum atomic E-state index is -0.114. The third-order valence-corrected chi connectivity index (χ3v) is 5.03. The van der Waals surface area contributed by atoms with Crippen LogP contribution in [0, 0.1) is 3.57 Å². The molecule has 0 radical (unpaired) electrons. The van der Waals surface area contributed by atoms with Gasteiger partial charge in [0, 0.05) is 8.04 Å². The Morgan fingerprint density at radius 2 is 1.77 bits per heavy atom. The van der Waals surface area contributed by atoms with Crippen molar-refractivity contribution in [2.45, 2.75) is 0 Å². The topological polar surface area (TPSA) is 41.5 Å². The second-order valence-electron chi connectivity index (χ2n) is 4.51. The number of rotatable bonds is 2. The number of nitrogens with zero attached hydrogens (tertiary/aromatic N) is 1. The summed E-state index contributed by atoms with van der Waals surface area (Å²) in [6.07, 6.45) is 1.86. The standard InChI is InChI=1S/C16H10BrIN2OS/c17-11-3-1-10(2-4-11)9-14-15(21)20-16(22-14)19-13-7-5-12(18)6-8-13/h1-9H,(H,19,20,21)/b14-9+. The maximum atomic E-state index is 12.0. The van der Waals surface area contributed by atoms with E-state index in [9.17, 15) is 4.79 Å². The lowest BCUT2D eigenvalue weighted by Gasteiger charge is -1.96. The van der Waals surface area contributed by atoms with Gasteiger partial charge < -0.3 is 5.32 Å². The highest BCUT2D eigenvalue weighted by atomic mass is 127. The highest BCUT2D eigenvalue weighted by molar-refractivity contribution is 14.1. The third-order valence-electron chi connectivity index (χ3n) is 2.88. The normalized spacial score (nSPS) is 18.0. The van der Waals surface area contributed by atoms with Crippen molar-refractivity contribution in [3.63, 3.8) is 0 Å². The minimum Gasteiger partial charge on any atom is -0.300 e. The molecule has 1 N–H and O–H groups in total. The molecule has 110 valence electrons. The first-order chi connectivity index (χ1) is 10.6. The zero-order chi connectivity index (χ0) is 15.5. The number of hydrogen-bond donors (Lipinski definition) is 1. The number of nitrogens with one attached hydrogen (secondary N) is 1. The Morgan fingerprint density at radius 3 is 2.45 bits per heavy atom. The summed E-state index contributed by atoms with van der Waals surface area (Å²) >= 11 is 7.00. The van der Waals surface area contributed by atoms with Crippen molar-refractivity contribution in [2.75, 3.05) is 0 Å². The van der Waals surface area contributed by atoms with Crippen LogP contribution in [0.15, 0.2) is 62.9 Å². The van der Waals surface area contributed by atoms with Crippen molar-refractivity contribution in [3.8, 4) is 0 Å². The zero-order valence-electron chi connectivity index (χ0n) is 11.2. The van der Waals surface area contributed by atoms with Gasteiger partial charge in [0.25, 0.3) is 5.91 Å². The van der Waals surface area contributed by atoms with Gasteiger partial charge in [-0.05, 0) is 82.4 Å². The number of hydrogen-bond acceptors (Lipinski definition) is 3. The fraction of sp³-hybridized carbons (Fsp3) is 0. The maximum absolute atomic E-state index is 12.0. The van der Waals surface area contributed by atoms with E-state index in [4.69, 9.17) is 0 Å². The van der Waals surface area contributed by atoms with E-state index in [1.807, 2.05) is 54.6 Å². The van der Waals surface area contributed by atoms with Crippen molar-refractivity contribution in [2.24, 2.45) is 4.99 Å². The lowest BCUT2D eigenvalue weighted by molar-refractivity contribution is -0.115. The number of thioether (sulfide) groups is 1. The fourth-order valence-corrected chi connectivity index (χ4v) is 3.29. The molecule has 0 spiro atoms. The molecule has 0 bridgehead atoms. The predicted molar refractivity (Wildman–Crippen MR) is 104 cm³/mol. The Kier molecular flexibility index (Phi) is 5.00. The lowest BCUT2D eigenvalue weighted by Crippen LogP contribution is -2.19. The van der Waals surface area contributed by atoms with Gasteiger partial charge in [0.15, 0.2) is 5.17 Å². The van der Waals surface area contributed by atoms with Crippen LogP contribution in [-0.4, -0.2) is 11.1 Å². The van der Waals surface area contributed by atoms with Crippen LogP contribution >= 0.6 is 50.3 Å². The number of benzene rings is 2. The monoisotopic (exact) mass is 484 g/mol. The Balaban J connectivity index is 1.80. The Hall–Kier alpha value is -1.12. The zero-order valence-corrected chi connectivity index (χ0v) is 15.8. The molecule has 1 saturated heterocycles. The van der Waals surface area contributed by atoms with Crippen LogP contribution in [0.1, 0.15) is 5.56 Å². The fourth-order valence-electron chi connectivity index (χ4n) is 1.82. The van der Waals surface area contributed by atoms with E-state index < -0.39 is 0 Å². The molecule has 3 rings (SSSR count). The van der Waals surface area contributed by atoms with Crippen molar-refractivity contribution in [1.82, 2.24) is 5.32 Å². The highest BCUT2D eigenvalue weighted by Crippen LogP contribution is 2.28. The summed E-state index contributed by atoms with van der Waals surface area (Å²) in [4.78, 5) is 17.1. The molecule has 2 aromatic rings. The average molecular weight is 485 g/mol. The van der Waals surface area contributed by atoms with Gasteiger partial charge in [-0.25, -0.2) is 4.99 Å². The van der Waals surface area contributed by atoms with Crippen LogP contribution in [0.3, 0.4) is 0 Å². The second kappa shape index (κ2) is 6.97. The van der Waals surface area contributed by atoms with Crippen molar-refractivity contribution in [1.29, 1.82) is 0 Å². The number of amides is 1. The van der Waals surface area contributed by atoms with Crippen LogP contribution in [-0.2, 0) is 4.79 Å². The summed E-state index contributed by atoms with van der Waals surface area (Å²) in [6, 6.07) is 15.6. The predicted octanol–water partition coefficient (Wildman–Crippen LogP) is 4.95. The number of carbonyl (C=O) groups is 1. The minimum absolute atomic E-state index is 0.114. The molecule has 0 aliphatic carbocycles. The van der Waals surface area contributed by atoms with Gasteiger partial charge >= 0.3 is 0 Å². The summed E-state index contributed by atoms with van der Waals surface area (Å²) in [5.74, 6) is -0.114. The quantitative estimate of drug-likeness (QED) is 0.484. The summed E-state index contributed by atoms with van der Waals surface area (Å²) in [6.45, 7) is 0. The van der Waals surface area contributed by atoms with Crippen LogP contribution in [0.5, 0.6) is 0 Å². The van der Waals surface area contributed by atoms with Gasteiger partial charge in [-0.2, -0.15) is 0 Å². The molecule has 3 nitrogen and oxygen atoms in total. The van der Waals surface area contributed by atoms with Gasteiger partial charge in [0.1, 0.15) is 0 Å². The molecular weight excluding hydrogens is 475 g/mol.